The largest absolute Gasteiger partial charge is 0.339 e. The van der Waals surface area contributed by atoms with Crippen LogP contribution in [0.25, 0.3) is 0 Å². The van der Waals surface area contributed by atoms with Gasteiger partial charge in [0.1, 0.15) is 0 Å². The molecule has 7 nitrogen and oxygen atoms in total. The molecule has 0 unspecified atom stereocenters. The second kappa shape index (κ2) is 6.84. The average Bonchev–Trinajstić information content (AvgIpc) is 2.57. The number of aromatic nitrogens is 3. The summed E-state index contributed by atoms with van der Waals surface area (Å²) in [5.41, 5.74) is 0.680. The zero-order valence-corrected chi connectivity index (χ0v) is 12.1. The molecule has 114 valence electrons. The van der Waals surface area contributed by atoms with Gasteiger partial charge in [0, 0.05) is 37.7 Å². The van der Waals surface area contributed by atoms with Crippen LogP contribution in [-0.2, 0) is 0 Å². The molecule has 1 fully saturated rings. The summed E-state index contributed by atoms with van der Waals surface area (Å²) in [6.45, 7) is 1.62. The zero-order chi connectivity index (χ0) is 15.2. The van der Waals surface area contributed by atoms with Crippen LogP contribution in [0.2, 0.25) is 0 Å². The first-order valence-corrected chi connectivity index (χ1v) is 7.31. The standard InChI is InChI=1S/C15H18N6O/c22-15(19-12-4-1-6-16-10-12)20-13-5-2-9-21(11-13)14-17-7-3-8-18-14/h1,3-4,6-8,10,13H,2,5,9,11H2,(H2,19,20,22)/t13-/m1/s1. The molecule has 0 saturated carbocycles. The molecule has 22 heavy (non-hydrogen) atoms. The van der Waals surface area contributed by atoms with E-state index >= 15 is 0 Å². The van der Waals surface area contributed by atoms with Gasteiger partial charge in [-0.1, -0.05) is 0 Å². The summed E-state index contributed by atoms with van der Waals surface area (Å²) in [6.07, 6.45) is 8.69. The van der Waals surface area contributed by atoms with E-state index in [4.69, 9.17) is 0 Å². The van der Waals surface area contributed by atoms with Crippen molar-refractivity contribution in [3.8, 4) is 0 Å². The Morgan fingerprint density at radius 2 is 2.09 bits per heavy atom. The van der Waals surface area contributed by atoms with Crippen LogP contribution in [0.4, 0.5) is 16.4 Å². The second-order valence-corrected chi connectivity index (χ2v) is 5.17. The van der Waals surface area contributed by atoms with E-state index in [2.05, 4.69) is 30.5 Å². The van der Waals surface area contributed by atoms with Gasteiger partial charge in [0.2, 0.25) is 5.95 Å². The minimum atomic E-state index is -0.214. The Bertz CT molecular complexity index is 606. The first kappa shape index (κ1) is 14.2. The lowest BCUT2D eigenvalue weighted by atomic mass is 10.1. The fourth-order valence-electron chi connectivity index (χ4n) is 2.52. The van der Waals surface area contributed by atoms with E-state index in [0.29, 0.717) is 18.2 Å². The fraction of sp³-hybridized carbons (Fsp3) is 0.333. The van der Waals surface area contributed by atoms with Crippen LogP contribution < -0.4 is 15.5 Å². The minimum absolute atomic E-state index is 0.0780. The Morgan fingerprint density at radius 1 is 1.23 bits per heavy atom. The van der Waals surface area contributed by atoms with Crippen molar-refractivity contribution in [2.24, 2.45) is 0 Å². The van der Waals surface area contributed by atoms with Crippen molar-refractivity contribution >= 4 is 17.7 Å². The van der Waals surface area contributed by atoms with E-state index in [1.165, 1.54) is 0 Å². The summed E-state index contributed by atoms with van der Waals surface area (Å²) in [6, 6.07) is 5.25. The van der Waals surface area contributed by atoms with Crippen molar-refractivity contribution in [3.63, 3.8) is 0 Å². The first-order chi connectivity index (χ1) is 10.8. The van der Waals surface area contributed by atoms with Gasteiger partial charge in [-0.25, -0.2) is 14.8 Å². The molecule has 1 aliphatic heterocycles. The predicted octanol–water partition coefficient (Wildman–Crippen LogP) is 1.66. The highest BCUT2D eigenvalue weighted by atomic mass is 16.2. The first-order valence-electron chi connectivity index (χ1n) is 7.31. The Kier molecular flexibility index (Phi) is 4.43. The van der Waals surface area contributed by atoms with Gasteiger partial charge in [-0.3, -0.25) is 4.98 Å². The molecule has 0 aromatic carbocycles. The van der Waals surface area contributed by atoms with Gasteiger partial charge >= 0.3 is 6.03 Å². The molecular formula is C15H18N6O. The molecule has 0 spiro atoms. The van der Waals surface area contributed by atoms with Crippen molar-refractivity contribution < 1.29 is 4.79 Å². The summed E-state index contributed by atoms with van der Waals surface area (Å²) in [4.78, 5) is 26.6. The fourth-order valence-corrected chi connectivity index (χ4v) is 2.52. The quantitative estimate of drug-likeness (QED) is 0.900. The van der Waals surface area contributed by atoms with Gasteiger partial charge in [-0.05, 0) is 31.0 Å². The number of pyridine rings is 1. The second-order valence-electron chi connectivity index (χ2n) is 5.17. The number of urea groups is 1. The summed E-state index contributed by atoms with van der Waals surface area (Å²) in [5.74, 6) is 0.710. The van der Waals surface area contributed by atoms with E-state index in [0.717, 1.165) is 19.4 Å². The van der Waals surface area contributed by atoms with Crippen LogP contribution in [-0.4, -0.2) is 40.1 Å². The molecular weight excluding hydrogens is 280 g/mol. The lowest BCUT2D eigenvalue weighted by Crippen LogP contribution is -2.49. The molecule has 2 amide bonds. The molecule has 2 aromatic heterocycles. The van der Waals surface area contributed by atoms with E-state index in [-0.39, 0.29) is 12.1 Å². The number of nitrogens with zero attached hydrogens (tertiary/aromatic N) is 4. The smallest absolute Gasteiger partial charge is 0.319 e. The van der Waals surface area contributed by atoms with Gasteiger partial charge in [0.05, 0.1) is 11.9 Å². The maximum absolute atomic E-state index is 12.0. The zero-order valence-electron chi connectivity index (χ0n) is 12.1. The van der Waals surface area contributed by atoms with E-state index in [9.17, 15) is 4.79 Å². The van der Waals surface area contributed by atoms with Gasteiger partial charge in [0.25, 0.3) is 0 Å². The van der Waals surface area contributed by atoms with Crippen LogP contribution in [0, 0.1) is 0 Å². The van der Waals surface area contributed by atoms with Crippen molar-refractivity contribution in [1.29, 1.82) is 0 Å². The third-order valence-electron chi connectivity index (χ3n) is 3.51. The number of hydrogen-bond donors (Lipinski definition) is 2. The number of rotatable bonds is 3. The number of carbonyl (C=O) groups is 1. The lowest BCUT2D eigenvalue weighted by Gasteiger charge is -2.33. The van der Waals surface area contributed by atoms with Crippen molar-refractivity contribution in [1.82, 2.24) is 20.3 Å². The van der Waals surface area contributed by atoms with Gasteiger partial charge in [-0.2, -0.15) is 0 Å². The van der Waals surface area contributed by atoms with Crippen molar-refractivity contribution in [3.05, 3.63) is 43.0 Å². The highest BCUT2D eigenvalue weighted by Crippen LogP contribution is 2.15. The van der Waals surface area contributed by atoms with E-state index < -0.39 is 0 Å². The molecule has 7 heteroatoms. The number of carbonyl (C=O) groups excluding carboxylic acids is 1. The Labute approximate surface area is 128 Å². The summed E-state index contributed by atoms with van der Waals surface area (Å²) < 4.78 is 0. The third kappa shape index (κ3) is 3.69. The molecule has 3 heterocycles. The third-order valence-corrected chi connectivity index (χ3v) is 3.51. The molecule has 0 aliphatic carbocycles. The van der Waals surface area contributed by atoms with Crippen LogP contribution in [0.15, 0.2) is 43.0 Å². The summed E-state index contributed by atoms with van der Waals surface area (Å²) in [5, 5.41) is 5.77. The van der Waals surface area contributed by atoms with E-state index in [1.807, 2.05) is 0 Å². The Hall–Kier alpha value is -2.70. The van der Waals surface area contributed by atoms with Crippen LogP contribution >= 0.6 is 0 Å². The number of piperidine rings is 1. The molecule has 2 N–H and O–H groups in total. The molecule has 1 saturated heterocycles. The normalized spacial score (nSPS) is 17.8. The van der Waals surface area contributed by atoms with Crippen LogP contribution in [0.1, 0.15) is 12.8 Å². The molecule has 3 rings (SSSR count). The number of nitrogens with one attached hydrogen (secondary N) is 2. The lowest BCUT2D eigenvalue weighted by molar-refractivity contribution is 0.246. The molecule has 0 radical (unpaired) electrons. The number of hydrogen-bond acceptors (Lipinski definition) is 5. The van der Waals surface area contributed by atoms with E-state index in [1.54, 1.807) is 43.0 Å². The average molecular weight is 298 g/mol. The maximum atomic E-state index is 12.0. The molecule has 2 aromatic rings. The van der Waals surface area contributed by atoms with Gasteiger partial charge in [0.15, 0.2) is 0 Å². The van der Waals surface area contributed by atoms with Gasteiger partial charge < -0.3 is 15.5 Å². The van der Waals surface area contributed by atoms with Crippen molar-refractivity contribution in [2.75, 3.05) is 23.3 Å². The van der Waals surface area contributed by atoms with Crippen LogP contribution in [0.3, 0.4) is 0 Å². The minimum Gasteiger partial charge on any atom is -0.339 e. The van der Waals surface area contributed by atoms with Crippen molar-refractivity contribution in [2.45, 2.75) is 18.9 Å². The monoisotopic (exact) mass is 298 g/mol. The summed E-state index contributed by atoms with van der Waals surface area (Å²) >= 11 is 0. The van der Waals surface area contributed by atoms with Gasteiger partial charge in [-0.15, -0.1) is 0 Å². The molecule has 0 bridgehead atoms. The Morgan fingerprint density at radius 3 is 2.86 bits per heavy atom. The highest BCUT2D eigenvalue weighted by Gasteiger charge is 2.22. The SMILES string of the molecule is O=C(Nc1cccnc1)N[C@@H]1CCCN(c2ncccn2)C1. The Balaban J connectivity index is 1.55. The van der Waals surface area contributed by atoms with Crippen LogP contribution in [0.5, 0.6) is 0 Å². The maximum Gasteiger partial charge on any atom is 0.319 e. The summed E-state index contributed by atoms with van der Waals surface area (Å²) in [7, 11) is 0. The topological polar surface area (TPSA) is 83.0 Å². The molecule has 1 atom stereocenters. The predicted molar refractivity (Wildman–Crippen MR) is 83.7 cm³/mol. The molecule has 1 aliphatic rings. The number of anilines is 2. The highest BCUT2D eigenvalue weighted by molar-refractivity contribution is 5.89. The number of amides is 2.